The second-order valence-electron chi connectivity index (χ2n) is 7.24. The van der Waals surface area contributed by atoms with E-state index in [9.17, 15) is 4.79 Å². The molecule has 1 aromatic heterocycles. The maximum atomic E-state index is 12.1. The summed E-state index contributed by atoms with van der Waals surface area (Å²) in [4.78, 5) is 19.9. The van der Waals surface area contributed by atoms with Crippen LogP contribution < -0.4 is 0 Å². The first-order valence-corrected chi connectivity index (χ1v) is 9.97. The third kappa shape index (κ3) is 3.50. The molecule has 28 heavy (non-hydrogen) atoms. The molecule has 1 amide bonds. The molecule has 4 rings (SSSR count). The highest BCUT2D eigenvalue weighted by atomic mass is 16.6. The summed E-state index contributed by atoms with van der Waals surface area (Å²) in [6.07, 6.45) is -0.207. The van der Waals surface area contributed by atoms with Crippen molar-refractivity contribution in [3.63, 3.8) is 0 Å². The number of nitrogens with one attached hydrogen (secondary N) is 1. The topological polar surface area (TPSA) is 48.6 Å². The van der Waals surface area contributed by atoms with Crippen molar-refractivity contribution in [3.05, 3.63) is 71.4 Å². The summed E-state index contributed by atoms with van der Waals surface area (Å²) in [6.45, 7) is 7.42. The maximum absolute atomic E-state index is 12.1. The molecular weight excluding hydrogens is 350 g/mol. The molecule has 1 unspecified atom stereocenters. The molecule has 1 saturated heterocycles. The Balaban J connectivity index is 1.68. The van der Waals surface area contributed by atoms with Crippen LogP contribution in [0.3, 0.4) is 0 Å². The lowest BCUT2D eigenvalue weighted by Gasteiger charge is -2.39. The molecular formula is C23H27N3O2. The Morgan fingerprint density at radius 1 is 1.04 bits per heavy atom. The first-order valence-electron chi connectivity index (χ1n) is 9.97. The van der Waals surface area contributed by atoms with Gasteiger partial charge in [-0.15, -0.1) is 0 Å². The number of hydrogen-bond acceptors (Lipinski definition) is 3. The van der Waals surface area contributed by atoms with Gasteiger partial charge in [-0.3, -0.25) is 4.90 Å². The number of hydrogen-bond donors (Lipinski definition) is 1. The zero-order valence-electron chi connectivity index (χ0n) is 16.5. The van der Waals surface area contributed by atoms with Gasteiger partial charge in [0.1, 0.15) is 0 Å². The van der Waals surface area contributed by atoms with E-state index in [1.165, 1.54) is 27.7 Å². The Labute approximate surface area is 165 Å². The number of H-pyrrole nitrogens is 1. The Morgan fingerprint density at radius 3 is 2.43 bits per heavy atom. The van der Waals surface area contributed by atoms with E-state index in [0.717, 1.165) is 13.1 Å². The van der Waals surface area contributed by atoms with Gasteiger partial charge in [0.15, 0.2) is 0 Å². The van der Waals surface area contributed by atoms with E-state index in [1.807, 2.05) is 11.8 Å². The van der Waals surface area contributed by atoms with E-state index in [0.29, 0.717) is 19.7 Å². The van der Waals surface area contributed by atoms with E-state index in [-0.39, 0.29) is 12.1 Å². The molecule has 1 aliphatic heterocycles. The fourth-order valence-electron chi connectivity index (χ4n) is 4.22. The molecule has 3 aromatic rings. The highest BCUT2D eigenvalue weighted by Crippen LogP contribution is 2.36. The minimum atomic E-state index is -0.207. The highest BCUT2D eigenvalue weighted by Gasteiger charge is 2.31. The first kappa shape index (κ1) is 18.6. The molecule has 1 fully saturated rings. The summed E-state index contributed by atoms with van der Waals surface area (Å²) < 4.78 is 5.17. The van der Waals surface area contributed by atoms with E-state index in [2.05, 4.69) is 71.4 Å². The van der Waals surface area contributed by atoms with Gasteiger partial charge >= 0.3 is 6.09 Å². The van der Waals surface area contributed by atoms with Crippen molar-refractivity contribution in [2.24, 2.45) is 0 Å². The number of fused-ring (bicyclic) bond motifs is 1. The number of benzene rings is 2. The van der Waals surface area contributed by atoms with Gasteiger partial charge in [0.25, 0.3) is 0 Å². The zero-order chi connectivity index (χ0) is 19.5. The molecule has 5 heteroatoms. The van der Waals surface area contributed by atoms with Crippen LogP contribution in [-0.4, -0.2) is 53.7 Å². The first-order chi connectivity index (χ1) is 13.7. The molecule has 0 bridgehead atoms. The highest BCUT2D eigenvalue weighted by molar-refractivity contribution is 5.85. The number of carbonyl (C=O) groups is 1. The van der Waals surface area contributed by atoms with Gasteiger partial charge in [0, 0.05) is 48.3 Å². The smallest absolute Gasteiger partial charge is 0.409 e. The number of aryl methyl sites for hydroxylation is 1. The molecule has 1 aliphatic rings. The van der Waals surface area contributed by atoms with Gasteiger partial charge in [0.05, 0.1) is 12.6 Å². The standard InChI is InChI=1S/C23H27N3O2/c1-3-28-23(27)26-15-13-25(14-16-26)22(18-9-5-4-6-10-18)21-17(2)24-20-12-8-7-11-19(20)21/h4-12,22,24H,3,13-16H2,1-2H3. The van der Waals surface area contributed by atoms with Crippen LogP contribution in [0.25, 0.3) is 10.9 Å². The van der Waals surface area contributed by atoms with Crippen LogP contribution in [0.5, 0.6) is 0 Å². The number of ether oxygens (including phenoxy) is 1. The van der Waals surface area contributed by atoms with Gasteiger partial charge in [-0.2, -0.15) is 0 Å². The van der Waals surface area contributed by atoms with Crippen molar-refractivity contribution >= 4 is 17.0 Å². The van der Waals surface area contributed by atoms with Crippen molar-refractivity contribution < 1.29 is 9.53 Å². The largest absolute Gasteiger partial charge is 0.450 e. The van der Waals surface area contributed by atoms with Crippen LogP contribution in [-0.2, 0) is 4.74 Å². The molecule has 1 atom stereocenters. The monoisotopic (exact) mass is 377 g/mol. The summed E-state index contributed by atoms with van der Waals surface area (Å²) in [6, 6.07) is 19.3. The zero-order valence-corrected chi connectivity index (χ0v) is 16.5. The Bertz CT molecular complexity index is 943. The number of aromatic nitrogens is 1. The van der Waals surface area contributed by atoms with E-state index >= 15 is 0 Å². The summed E-state index contributed by atoms with van der Waals surface area (Å²) in [5.41, 5.74) is 4.97. The van der Waals surface area contributed by atoms with Crippen LogP contribution in [0.15, 0.2) is 54.6 Å². The van der Waals surface area contributed by atoms with Gasteiger partial charge < -0.3 is 14.6 Å². The van der Waals surface area contributed by atoms with Crippen LogP contribution in [0, 0.1) is 6.92 Å². The predicted molar refractivity (Wildman–Crippen MR) is 111 cm³/mol. The lowest BCUT2D eigenvalue weighted by Crippen LogP contribution is -2.50. The lowest BCUT2D eigenvalue weighted by molar-refractivity contribution is 0.0716. The van der Waals surface area contributed by atoms with E-state index in [1.54, 1.807) is 0 Å². The molecule has 2 heterocycles. The third-order valence-electron chi connectivity index (χ3n) is 5.54. The average Bonchev–Trinajstić information content (AvgIpc) is 3.06. The van der Waals surface area contributed by atoms with Crippen LogP contribution in [0.4, 0.5) is 4.79 Å². The summed E-state index contributed by atoms with van der Waals surface area (Å²) in [5.74, 6) is 0. The normalized spacial score (nSPS) is 16.3. The summed E-state index contributed by atoms with van der Waals surface area (Å²) >= 11 is 0. The Kier molecular flexibility index (Phi) is 5.35. The fourth-order valence-corrected chi connectivity index (χ4v) is 4.22. The van der Waals surface area contributed by atoms with Crippen LogP contribution in [0.2, 0.25) is 0 Å². The van der Waals surface area contributed by atoms with E-state index in [4.69, 9.17) is 4.74 Å². The minimum Gasteiger partial charge on any atom is -0.450 e. The second-order valence-corrected chi connectivity index (χ2v) is 7.24. The minimum absolute atomic E-state index is 0.154. The van der Waals surface area contributed by atoms with Crippen molar-refractivity contribution in [1.82, 2.24) is 14.8 Å². The average molecular weight is 377 g/mol. The maximum Gasteiger partial charge on any atom is 0.409 e. The number of para-hydroxylation sites is 1. The van der Waals surface area contributed by atoms with Crippen molar-refractivity contribution in [2.45, 2.75) is 19.9 Å². The molecule has 5 nitrogen and oxygen atoms in total. The number of nitrogens with zero attached hydrogens (tertiary/aromatic N) is 2. The molecule has 0 saturated carbocycles. The van der Waals surface area contributed by atoms with Gasteiger partial charge in [-0.25, -0.2) is 4.79 Å². The fraction of sp³-hybridized carbons (Fsp3) is 0.348. The van der Waals surface area contributed by atoms with Crippen molar-refractivity contribution in [1.29, 1.82) is 0 Å². The number of carbonyl (C=O) groups excluding carboxylic acids is 1. The molecule has 0 aliphatic carbocycles. The molecule has 0 spiro atoms. The van der Waals surface area contributed by atoms with Gasteiger partial charge in [-0.05, 0) is 25.5 Å². The third-order valence-corrected chi connectivity index (χ3v) is 5.54. The van der Waals surface area contributed by atoms with Gasteiger partial charge in [0.2, 0.25) is 0 Å². The quantitative estimate of drug-likeness (QED) is 0.736. The molecule has 2 aromatic carbocycles. The number of amides is 1. The van der Waals surface area contributed by atoms with Crippen molar-refractivity contribution in [2.75, 3.05) is 32.8 Å². The predicted octanol–water partition coefficient (Wildman–Crippen LogP) is 4.34. The SMILES string of the molecule is CCOC(=O)N1CCN(C(c2ccccc2)c2c(C)[nH]c3ccccc23)CC1. The Hall–Kier alpha value is -2.79. The number of piperazine rings is 1. The number of rotatable bonds is 4. The summed E-state index contributed by atoms with van der Waals surface area (Å²) in [5, 5.41) is 1.27. The molecule has 146 valence electrons. The van der Waals surface area contributed by atoms with Crippen molar-refractivity contribution in [3.8, 4) is 0 Å². The van der Waals surface area contributed by atoms with Crippen LogP contribution >= 0.6 is 0 Å². The van der Waals surface area contributed by atoms with Gasteiger partial charge in [-0.1, -0.05) is 48.5 Å². The molecule has 1 N–H and O–H groups in total. The summed E-state index contributed by atoms with van der Waals surface area (Å²) in [7, 11) is 0. The number of aromatic amines is 1. The molecule has 0 radical (unpaired) electrons. The lowest BCUT2D eigenvalue weighted by atomic mass is 9.94. The second kappa shape index (κ2) is 8.07. The van der Waals surface area contributed by atoms with E-state index < -0.39 is 0 Å². The van der Waals surface area contributed by atoms with Crippen LogP contribution in [0.1, 0.15) is 29.8 Å². The Morgan fingerprint density at radius 2 is 1.71 bits per heavy atom.